The molecule has 1 fully saturated rings. The maximum atomic E-state index is 11.9. The van der Waals surface area contributed by atoms with Gasteiger partial charge in [0.1, 0.15) is 0 Å². The second-order valence-electron chi connectivity index (χ2n) is 6.06. The number of carbonyl (C=O) groups excluding carboxylic acids is 1. The van der Waals surface area contributed by atoms with Crippen molar-refractivity contribution in [1.82, 2.24) is 10.2 Å². The molecule has 1 aliphatic heterocycles. The third-order valence-corrected chi connectivity index (χ3v) is 2.80. The van der Waals surface area contributed by atoms with Crippen LogP contribution < -0.4 is 5.32 Å². The van der Waals surface area contributed by atoms with Gasteiger partial charge in [0.2, 0.25) is 5.91 Å². The Kier molecular flexibility index (Phi) is 4.95. The minimum Gasteiger partial charge on any atom is -0.373 e. The molecule has 0 aromatic rings. The van der Waals surface area contributed by atoms with Crippen LogP contribution in [0.2, 0.25) is 0 Å². The van der Waals surface area contributed by atoms with Gasteiger partial charge in [0, 0.05) is 31.1 Å². The highest BCUT2D eigenvalue weighted by molar-refractivity contribution is 5.78. The smallest absolute Gasteiger partial charge is 0.225 e. The molecule has 17 heavy (non-hydrogen) atoms. The predicted octanol–water partition coefficient (Wildman–Crippen LogP) is 1.26. The number of nitrogens with one attached hydrogen (secondary N) is 1. The Bertz CT molecular complexity index is 259. The van der Waals surface area contributed by atoms with Crippen LogP contribution in [0.3, 0.4) is 0 Å². The van der Waals surface area contributed by atoms with E-state index in [1.165, 1.54) is 0 Å². The molecule has 0 saturated carbocycles. The van der Waals surface area contributed by atoms with E-state index < -0.39 is 0 Å². The molecule has 1 amide bonds. The minimum absolute atomic E-state index is 0.0734. The number of nitrogens with zero attached hydrogens (tertiary/aromatic N) is 1. The molecule has 0 aromatic carbocycles. The first kappa shape index (κ1) is 14.5. The largest absolute Gasteiger partial charge is 0.373 e. The molecule has 1 atom stereocenters. The lowest BCUT2D eigenvalue weighted by Crippen LogP contribution is -2.52. The summed E-state index contributed by atoms with van der Waals surface area (Å²) in [6.07, 6.45) is 0.116. The number of ether oxygens (including phenoxy) is 1. The fraction of sp³-hybridized carbons (Fsp3) is 0.923. The zero-order valence-electron chi connectivity index (χ0n) is 11.7. The van der Waals surface area contributed by atoms with Crippen molar-refractivity contribution < 1.29 is 9.53 Å². The molecular formula is C13H26N2O2. The second-order valence-corrected chi connectivity index (χ2v) is 6.06. The summed E-state index contributed by atoms with van der Waals surface area (Å²) in [5.41, 5.74) is 0.0910. The Balaban J connectivity index is 2.41. The standard InChI is InChI=1S/C13H26N2O2/c1-10(2)12(16)15-6-7-17-11(9-15)8-14-13(3,4)5/h10-11,14H,6-9H2,1-5H3. The molecule has 100 valence electrons. The van der Waals surface area contributed by atoms with E-state index in [4.69, 9.17) is 4.74 Å². The summed E-state index contributed by atoms with van der Waals surface area (Å²) in [5, 5.41) is 3.42. The lowest BCUT2D eigenvalue weighted by atomic mass is 10.1. The topological polar surface area (TPSA) is 41.6 Å². The average molecular weight is 242 g/mol. The molecule has 0 bridgehead atoms. The molecule has 4 heteroatoms. The number of morpholine rings is 1. The van der Waals surface area contributed by atoms with Gasteiger partial charge in [0.05, 0.1) is 12.7 Å². The number of rotatable bonds is 3. The minimum atomic E-state index is 0.0734. The van der Waals surface area contributed by atoms with Crippen molar-refractivity contribution in [2.24, 2.45) is 5.92 Å². The highest BCUT2D eigenvalue weighted by Gasteiger charge is 2.26. The van der Waals surface area contributed by atoms with Crippen molar-refractivity contribution in [3.63, 3.8) is 0 Å². The molecule has 0 spiro atoms. The van der Waals surface area contributed by atoms with Crippen molar-refractivity contribution >= 4 is 5.91 Å². The number of carbonyl (C=O) groups is 1. The first-order valence-electron chi connectivity index (χ1n) is 6.45. The van der Waals surface area contributed by atoms with Crippen molar-refractivity contribution in [1.29, 1.82) is 0 Å². The van der Waals surface area contributed by atoms with Gasteiger partial charge in [0.15, 0.2) is 0 Å². The molecule has 1 rings (SSSR count). The molecule has 1 saturated heterocycles. The van der Waals surface area contributed by atoms with Gasteiger partial charge in [-0.2, -0.15) is 0 Å². The fourth-order valence-electron chi connectivity index (χ4n) is 1.83. The highest BCUT2D eigenvalue weighted by Crippen LogP contribution is 2.10. The maximum Gasteiger partial charge on any atom is 0.225 e. The Hall–Kier alpha value is -0.610. The van der Waals surface area contributed by atoms with E-state index in [1.54, 1.807) is 0 Å². The van der Waals surface area contributed by atoms with Crippen LogP contribution in [-0.2, 0) is 9.53 Å². The van der Waals surface area contributed by atoms with Crippen LogP contribution >= 0.6 is 0 Å². The predicted molar refractivity (Wildman–Crippen MR) is 68.9 cm³/mol. The van der Waals surface area contributed by atoms with E-state index in [1.807, 2.05) is 18.7 Å². The Morgan fingerprint density at radius 1 is 1.47 bits per heavy atom. The Morgan fingerprint density at radius 2 is 2.12 bits per heavy atom. The lowest BCUT2D eigenvalue weighted by Gasteiger charge is -2.35. The molecule has 1 heterocycles. The molecule has 0 aromatic heterocycles. The SMILES string of the molecule is CC(C)C(=O)N1CCOC(CNC(C)(C)C)C1. The molecule has 1 unspecified atom stereocenters. The van der Waals surface area contributed by atoms with Gasteiger partial charge < -0.3 is 15.0 Å². The van der Waals surface area contributed by atoms with Gasteiger partial charge in [-0.3, -0.25) is 4.79 Å². The van der Waals surface area contributed by atoms with Crippen LogP contribution in [0.15, 0.2) is 0 Å². The van der Waals surface area contributed by atoms with E-state index in [-0.39, 0.29) is 23.5 Å². The van der Waals surface area contributed by atoms with Crippen LogP contribution in [-0.4, -0.2) is 48.7 Å². The summed E-state index contributed by atoms with van der Waals surface area (Å²) in [7, 11) is 0. The van der Waals surface area contributed by atoms with Crippen molar-refractivity contribution in [2.75, 3.05) is 26.2 Å². The van der Waals surface area contributed by atoms with Gasteiger partial charge in [0.25, 0.3) is 0 Å². The van der Waals surface area contributed by atoms with Crippen LogP contribution in [0.5, 0.6) is 0 Å². The van der Waals surface area contributed by atoms with E-state index in [9.17, 15) is 4.79 Å². The van der Waals surface area contributed by atoms with Gasteiger partial charge in [-0.1, -0.05) is 13.8 Å². The normalized spacial score (nSPS) is 22.0. The first-order chi connectivity index (χ1) is 7.79. The molecule has 0 radical (unpaired) electrons. The number of hydrogen-bond donors (Lipinski definition) is 1. The van der Waals surface area contributed by atoms with Crippen LogP contribution in [0.25, 0.3) is 0 Å². The number of amides is 1. The highest BCUT2D eigenvalue weighted by atomic mass is 16.5. The van der Waals surface area contributed by atoms with E-state index >= 15 is 0 Å². The summed E-state index contributed by atoms with van der Waals surface area (Å²) in [6, 6.07) is 0. The molecule has 1 N–H and O–H groups in total. The summed E-state index contributed by atoms with van der Waals surface area (Å²) in [5.74, 6) is 0.304. The number of hydrogen-bond acceptors (Lipinski definition) is 3. The summed E-state index contributed by atoms with van der Waals surface area (Å²) in [4.78, 5) is 13.8. The Morgan fingerprint density at radius 3 is 2.65 bits per heavy atom. The third-order valence-electron chi connectivity index (χ3n) is 2.80. The zero-order valence-corrected chi connectivity index (χ0v) is 11.7. The summed E-state index contributed by atoms with van der Waals surface area (Å²) in [6.45, 7) is 13.2. The average Bonchev–Trinajstić information content (AvgIpc) is 2.24. The monoisotopic (exact) mass is 242 g/mol. The van der Waals surface area contributed by atoms with E-state index in [0.717, 1.165) is 13.1 Å². The van der Waals surface area contributed by atoms with Gasteiger partial charge in [-0.05, 0) is 20.8 Å². The van der Waals surface area contributed by atoms with Crippen LogP contribution in [0, 0.1) is 5.92 Å². The van der Waals surface area contributed by atoms with E-state index in [0.29, 0.717) is 13.2 Å². The molecule has 1 aliphatic rings. The fourth-order valence-corrected chi connectivity index (χ4v) is 1.83. The zero-order chi connectivity index (χ0) is 13.1. The maximum absolute atomic E-state index is 11.9. The van der Waals surface area contributed by atoms with Crippen molar-refractivity contribution in [3.05, 3.63) is 0 Å². The van der Waals surface area contributed by atoms with Gasteiger partial charge >= 0.3 is 0 Å². The van der Waals surface area contributed by atoms with Gasteiger partial charge in [-0.15, -0.1) is 0 Å². The van der Waals surface area contributed by atoms with Crippen molar-refractivity contribution in [3.8, 4) is 0 Å². The molecule has 0 aliphatic carbocycles. The molecule has 4 nitrogen and oxygen atoms in total. The second kappa shape index (κ2) is 5.83. The van der Waals surface area contributed by atoms with Crippen LogP contribution in [0.4, 0.5) is 0 Å². The van der Waals surface area contributed by atoms with Crippen molar-refractivity contribution in [2.45, 2.75) is 46.3 Å². The van der Waals surface area contributed by atoms with Gasteiger partial charge in [-0.25, -0.2) is 0 Å². The van der Waals surface area contributed by atoms with Crippen LogP contribution in [0.1, 0.15) is 34.6 Å². The Labute approximate surface area is 105 Å². The molecular weight excluding hydrogens is 216 g/mol. The lowest BCUT2D eigenvalue weighted by molar-refractivity contribution is -0.141. The third kappa shape index (κ3) is 5.04. The summed E-state index contributed by atoms with van der Waals surface area (Å²) >= 11 is 0. The first-order valence-corrected chi connectivity index (χ1v) is 6.45. The quantitative estimate of drug-likeness (QED) is 0.810. The van der Waals surface area contributed by atoms with E-state index in [2.05, 4.69) is 26.1 Å². The summed E-state index contributed by atoms with van der Waals surface area (Å²) < 4.78 is 5.68.